The van der Waals surface area contributed by atoms with Crippen LogP contribution in [0, 0.1) is 0 Å². The summed E-state index contributed by atoms with van der Waals surface area (Å²) in [7, 11) is 3.06. The number of anilines is 1. The van der Waals surface area contributed by atoms with E-state index in [1.54, 1.807) is 23.5 Å². The van der Waals surface area contributed by atoms with Crippen LogP contribution < -0.4 is 14.8 Å². The summed E-state index contributed by atoms with van der Waals surface area (Å²) in [6.45, 7) is 0. The van der Waals surface area contributed by atoms with E-state index in [2.05, 4.69) is 5.32 Å². The summed E-state index contributed by atoms with van der Waals surface area (Å²) < 4.78 is 10.8. The molecule has 6 nitrogen and oxygen atoms in total. The van der Waals surface area contributed by atoms with Crippen LogP contribution in [-0.4, -0.2) is 37.0 Å². The fourth-order valence-corrected chi connectivity index (χ4v) is 6.45. The Labute approximate surface area is 213 Å². The van der Waals surface area contributed by atoms with Gasteiger partial charge in [-0.3, -0.25) is 9.59 Å². The lowest BCUT2D eigenvalue weighted by atomic mass is 9.80. The molecule has 2 heterocycles. The topological polar surface area (TPSA) is 67.9 Å². The first-order valence-electron chi connectivity index (χ1n) is 11.7. The van der Waals surface area contributed by atoms with Crippen molar-refractivity contribution in [2.45, 2.75) is 43.7 Å². The van der Waals surface area contributed by atoms with Gasteiger partial charge in [0.25, 0.3) is 5.91 Å². The van der Waals surface area contributed by atoms with Crippen LogP contribution in [0.2, 0.25) is 5.02 Å². The van der Waals surface area contributed by atoms with Gasteiger partial charge in [-0.2, -0.15) is 0 Å². The van der Waals surface area contributed by atoms with Crippen LogP contribution >= 0.6 is 22.9 Å². The Morgan fingerprint density at radius 2 is 1.80 bits per heavy atom. The number of nitrogens with one attached hydrogen (secondary N) is 1. The molecule has 1 saturated carbocycles. The number of benzene rings is 2. The standard InChI is InChI=1S/C27H27ClN2O4S/c1-33-21-15-22(34-2)20(14-19(21)28)29-26(31)24-17-10-5-6-11-18(17)27(32)30(16-8-3-4-9-16)25(24)23-12-7-13-35-23/h5-7,10-16,24-25H,3-4,8-9H2,1-2H3,(H,29,31)/t24-,25+/m0/s1. The highest BCUT2D eigenvalue weighted by molar-refractivity contribution is 7.10. The van der Waals surface area contributed by atoms with Gasteiger partial charge in [-0.05, 0) is 42.0 Å². The molecule has 2 atom stereocenters. The van der Waals surface area contributed by atoms with Crippen molar-refractivity contribution in [3.8, 4) is 11.5 Å². The molecule has 3 aromatic rings. The second kappa shape index (κ2) is 9.91. The number of thiophene rings is 1. The van der Waals surface area contributed by atoms with Crippen LogP contribution in [0.5, 0.6) is 11.5 Å². The molecule has 2 aliphatic rings. The first-order valence-corrected chi connectivity index (χ1v) is 13.0. The van der Waals surface area contributed by atoms with Crippen LogP contribution in [0.15, 0.2) is 53.9 Å². The SMILES string of the molecule is COc1cc(OC)c(NC(=O)[C@H]2c3ccccc3C(=O)N(C3CCCC3)[C@@H]2c2cccs2)cc1Cl. The highest BCUT2D eigenvalue weighted by atomic mass is 35.5. The first-order chi connectivity index (χ1) is 17.0. The molecule has 8 heteroatoms. The van der Waals surface area contributed by atoms with Crippen molar-refractivity contribution in [1.29, 1.82) is 0 Å². The van der Waals surface area contributed by atoms with Gasteiger partial charge < -0.3 is 19.7 Å². The number of carbonyl (C=O) groups excluding carboxylic acids is 2. The minimum absolute atomic E-state index is 0.0000208. The molecule has 2 aromatic carbocycles. The zero-order valence-corrected chi connectivity index (χ0v) is 21.2. The third kappa shape index (κ3) is 4.28. The molecule has 2 amide bonds. The number of fused-ring (bicyclic) bond motifs is 1. The van der Waals surface area contributed by atoms with E-state index in [1.807, 2.05) is 46.7 Å². The van der Waals surface area contributed by atoms with Crippen molar-refractivity contribution in [2.75, 3.05) is 19.5 Å². The maximum absolute atomic E-state index is 14.1. The summed E-state index contributed by atoms with van der Waals surface area (Å²) in [6, 6.07) is 14.5. The molecule has 35 heavy (non-hydrogen) atoms. The van der Waals surface area contributed by atoms with Crippen LogP contribution in [0.1, 0.15) is 58.4 Å². The quantitative estimate of drug-likeness (QED) is 0.423. The Bertz CT molecular complexity index is 1240. The Morgan fingerprint density at radius 1 is 1.06 bits per heavy atom. The van der Waals surface area contributed by atoms with E-state index in [0.717, 1.165) is 36.1 Å². The molecule has 1 aliphatic heterocycles. The Balaban J connectivity index is 1.61. The van der Waals surface area contributed by atoms with E-state index >= 15 is 0 Å². The molecule has 0 bridgehead atoms. The smallest absolute Gasteiger partial charge is 0.254 e. The van der Waals surface area contributed by atoms with Crippen LogP contribution in [0.4, 0.5) is 5.69 Å². The maximum Gasteiger partial charge on any atom is 0.254 e. The average Bonchev–Trinajstić information content (AvgIpc) is 3.59. The molecule has 1 aliphatic carbocycles. The minimum Gasteiger partial charge on any atom is -0.495 e. The van der Waals surface area contributed by atoms with Gasteiger partial charge in [-0.25, -0.2) is 0 Å². The van der Waals surface area contributed by atoms with Crippen LogP contribution in [0.25, 0.3) is 0 Å². The Hall–Kier alpha value is -3.03. The van der Waals surface area contributed by atoms with Gasteiger partial charge in [-0.1, -0.05) is 48.7 Å². The van der Waals surface area contributed by atoms with Crippen molar-refractivity contribution in [1.82, 2.24) is 4.90 Å². The van der Waals surface area contributed by atoms with Crippen LogP contribution in [-0.2, 0) is 4.79 Å². The Morgan fingerprint density at radius 3 is 2.49 bits per heavy atom. The number of methoxy groups -OCH3 is 2. The summed E-state index contributed by atoms with van der Waals surface area (Å²) >= 11 is 7.94. The lowest BCUT2D eigenvalue weighted by Crippen LogP contribution is -2.49. The molecule has 0 radical (unpaired) electrons. The largest absolute Gasteiger partial charge is 0.495 e. The maximum atomic E-state index is 14.1. The van der Waals surface area contributed by atoms with E-state index in [4.69, 9.17) is 21.1 Å². The number of ether oxygens (including phenoxy) is 2. The summed E-state index contributed by atoms with van der Waals surface area (Å²) in [5.74, 6) is 0.0960. The minimum atomic E-state index is -0.589. The molecular weight excluding hydrogens is 484 g/mol. The van der Waals surface area contributed by atoms with Gasteiger partial charge in [-0.15, -0.1) is 11.3 Å². The zero-order chi connectivity index (χ0) is 24.5. The Kier molecular flexibility index (Phi) is 6.71. The summed E-state index contributed by atoms with van der Waals surface area (Å²) in [5.41, 5.74) is 1.78. The first kappa shape index (κ1) is 23.7. The fourth-order valence-electron chi connectivity index (χ4n) is 5.35. The molecule has 182 valence electrons. The number of nitrogens with zero attached hydrogens (tertiary/aromatic N) is 1. The van der Waals surface area contributed by atoms with E-state index < -0.39 is 5.92 Å². The summed E-state index contributed by atoms with van der Waals surface area (Å²) in [4.78, 5) is 30.8. The van der Waals surface area contributed by atoms with E-state index in [9.17, 15) is 9.59 Å². The van der Waals surface area contributed by atoms with Gasteiger partial charge in [0.15, 0.2) is 0 Å². The molecule has 0 unspecified atom stereocenters. The van der Waals surface area contributed by atoms with Crippen molar-refractivity contribution in [3.63, 3.8) is 0 Å². The second-order valence-electron chi connectivity index (χ2n) is 8.85. The van der Waals surface area contributed by atoms with Crippen LogP contribution in [0.3, 0.4) is 0 Å². The van der Waals surface area contributed by atoms with Crippen molar-refractivity contribution >= 4 is 40.4 Å². The van der Waals surface area contributed by atoms with Crippen molar-refractivity contribution in [3.05, 3.63) is 74.9 Å². The van der Waals surface area contributed by atoms with Crippen molar-refractivity contribution in [2.24, 2.45) is 0 Å². The lowest BCUT2D eigenvalue weighted by Gasteiger charge is -2.44. The molecule has 5 rings (SSSR count). The highest BCUT2D eigenvalue weighted by Crippen LogP contribution is 2.48. The van der Waals surface area contributed by atoms with Gasteiger partial charge in [0.2, 0.25) is 5.91 Å². The zero-order valence-electron chi connectivity index (χ0n) is 19.6. The molecule has 1 N–H and O–H groups in total. The van der Waals surface area contributed by atoms with E-state index in [1.165, 1.54) is 14.2 Å². The molecule has 0 spiro atoms. The number of carbonyl (C=O) groups is 2. The van der Waals surface area contributed by atoms with E-state index in [-0.39, 0.29) is 23.9 Å². The number of hydrogen-bond acceptors (Lipinski definition) is 5. The average molecular weight is 511 g/mol. The normalized spacial score (nSPS) is 20.0. The number of halogens is 1. The third-order valence-electron chi connectivity index (χ3n) is 6.94. The second-order valence-corrected chi connectivity index (χ2v) is 10.2. The van der Waals surface area contributed by atoms with Gasteiger partial charge in [0.05, 0.1) is 36.9 Å². The molecule has 1 aromatic heterocycles. The lowest BCUT2D eigenvalue weighted by molar-refractivity contribution is -0.119. The fraction of sp³-hybridized carbons (Fsp3) is 0.333. The molecule has 1 fully saturated rings. The highest BCUT2D eigenvalue weighted by Gasteiger charge is 2.47. The number of hydrogen-bond donors (Lipinski definition) is 1. The number of rotatable bonds is 6. The predicted octanol–water partition coefficient (Wildman–Crippen LogP) is 6.28. The predicted molar refractivity (Wildman–Crippen MR) is 138 cm³/mol. The van der Waals surface area contributed by atoms with Gasteiger partial charge in [0, 0.05) is 22.5 Å². The van der Waals surface area contributed by atoms with Gasteiger partial charge in [0.1, 0.15) is 11.5 Å². The number of amides is 2. The third-order valence-corrected chi connectivity index (χ3v) is 8.18. The summed E-state index contributed by atoms with van der Waals surface area (Å²) in [5, 5.41) is 5.41. The van der Waals surface area contributed by atoms with Gasteiger partial charge >= 0.3 is 0 Å². The molecular formula is C27H27ClN2O4S. The van der Waals surface area contributed by atoms with E-state index in [0.29, 0.717) is 27.8 Å². The van der Waals surface area contributed by atoms with Crippen molar-refractivity contribution < 1.29 is 19.1 Å². The molecule has 0 saturated heterocycles. The summed E-state index contributed by atoms with van der Waals surface area (Å²) in [6.07, 6.45) is 4.08. The monoisotopic (exact) mass is 510 g/mol.